The molecule has 114 valence electrons. The fourth-order valence-corrected chi connectivity index (χ4v) is 2.08. The molecule has 4 heteroatoms. The Morgan fingerprint density at radius 3 is 2.14 bits per heavy atom. The zero-order chi connectivity index (χ0) is 15.6. The van der Waals surface area contributed by atoms with Crippen molar-refractivity contribution in [3.63, 3.8) is 0 Å². The average molecular weight is 296 g/mol. The fraction of sp³-hybridized carbons (Fsp3) is 0.222. The normalized spacial score (nSPS) is 10.0. The molecule has 0 fully saturated rings. The maximum atomic E-state index is 11.8. The predicted octanol–water partition coefficient (Wildman–Crippen LogP) is 2.17. The standard InChI is InChI=1S/C18H20N2O2/c21-17(14-20-18(22)16-11-5-2-6-12-16)19-13-7-10-15-8-3-1-4-9-15/h1-6,8-9,11-12H,7,10,13-14H2,(H,19,21)(H,20,22). The number of hydrogen-bond donors (Lipinski definition) is 2. The highest BCUT2D eigenvalue weighted by atomic mass is 16.2. The molecule has 4 nitrogen and oxygen atoms in total. The van der Waals surface area contributed by atoms with Crippen LogP contribution in [0, 0.1) is 0 Å². The lowest BCUT2D eigenvalue weighted by Crippen LogP contribution is -2.37. The Hall–Kier alpha value is -2.62. The van der Waals surface area contributed by atoms with Crippen molar-refractivity contribution in [3.8, 4) is 0 Å². The maximum absolute atomic E-state index is 11.8. The van der Waals surface area contributed by atoms with Crippen molar-refractivity contribution < 1.29 is 9.59 Å². The van der Waals surface area contributed by atoms with Gasteiger partial charge in [0, 0.05) is 12.1 Å². The number of carbonyl (C=O) groups is 2. The number of nitrogens with one attached hydrogen (secondary N) is 2. The SMILES string of the molecule is O=C(CNC(=O)c1ccccc1)NCCCc1ccccc1. The summed E-state index contributed by atoms with van der Waals surface area (Å²) in [6, 6.07) is 19.0. The van der Waals surface area contributed by atoms with Gasteiger partial charge in [0.1, 0.15) is 0 Å². The zero-order valence-corrected chi connectivity index (χ0v) is 12.4. The van der Waals surface area contributed by atoms with E-state index in [2.05, 4.69) is 22.8 Å². The van der Waals surface area contributed by atoms with Crippen LogP contribution in [0.1, 0.15) is 22.3 Å². The van der Waals surface area contributed by atoms with Gasteiger partial charge in [-0.05, 0) is 30.5 Å². The molecular weight excluding hydrogens is 276 g/mol. The van der Waals surface area contributed by atoms with Gasteiger partial charge in [0.2, 0.25) is 5.91 Å². The first-order chi connectivity index (χ1) is 10.8. The molecule has 0 unspecified atom stereocenters. The third kappa shape index (κ3) is 5.40. The summed E-state index contributed by atoms with van der Waals surface area (Å²) in [7, 11) is 0. The van der Waals surface area contributed by atoms with E-state index >= 15 is 0 Å². The minimum absolute atomic E-state index is 0.000928. The Morgan fingerprint density at radius 1 is 0.818 bits per heavy atom. The molecule has 2 rings (SSSR count). The predicted molar refractivity (Wildman–Crippen MR) is 86.5 cm³/mol. The summed E-state index contributed by atoms with van der Waals surface area (Å²) in [5, 5.41) is 5.41. The van der Waals surface area contributed by atoms with Crippen LogP contribution in [-0.2, 0) is 11.2 Å². The monoisotopic (exact) mass is 296 g/mol. The number of amides is 2. The summed E-state index contributed by atoms with van der Waals surface area (Å²) < 4.78 is 0. The molecule has 0 aliphatic carbocycles. The molecule has 0 aliphatic heterocycles. The van der Waals surface area contributed by atoms with Gasteiger partial charge >= 0.3 is 0 Å². The van der Waals surface area contributed by atoms with Gasteiger partial charge in [-0.25, -0.2) is 0 Å². The Bertz CT molecular complexity index is 597. The van der Waals surface area contributed by atoms with Crippen LogP contribution in [0.5, 0.6) is 0 Å². The molecular formula is C18H20N2O2. The molecule has 0 saturated carbocycles. The lowest BCUT2D eigenvalue weighted by Gasteiger charge is -2.07. The Balaban J connectivity index is 1.61. The van der Waals surface area contributed by atoms with Gasteiger partial charge in [-0.1, -0.05) is 48.5 Å². The van der Waals surface area contributed by atoms with E-state index in [0.717, 1.165) is 12.8 Å². The number of benzene rings is 2. The van der Waals surface area contributed by atoms with Gasteiger partial charge in [0.05, 0.1) is 6.54 Å². The highest BCUT2D eigenvalue weighted by molar-refractivity contribution is 5.96. The lowest BCUT2D eigenvalue weighted by atomic mass is 10.1. The number of carbonyl (C=O) groups excluding carboxylic acids is 2. The quantitative estimate of drug-likeness (QED) is 0.769. The van der Waals surface area contributed by atoms with Gasteiger partial charge < -0.3 is 10.6 Å². The van der Waals surface area contributed by atoms with Crippen molar-refractivity contribution in [2.24, 2.45) is 0 Å². The van der Waals surface area contributed by atoms with Gasteiger partial charge in [-0.2, -0.15) is 0 Å². The minimum atomic E-state index is -0.236. The van der Waals surface area contributed by atoms with E-state index in [-0.39, 0.29) is 18.4 Å². The van der Waals surface area contributed by atoms with Crippen LogP contribution in [0.25, 0.3) is 0 Å². The second-order valence-electron chi connectivity index (χ2n) is 4.99. The molecule has 0 saturated heterocycles. The van der Waals surface area contributed by atoms with Gasteiger partial charge in [-0.3, -0.25) is 9.59 Å². The average Bonchev–Trinajstić information content (AvgIpc) is 2.58. The molecule has 0 bridgehead atoms. The molecule has 0 radical (unpaired) electrons. The molecule has 0 aromatic heterocycles. The van der Waals surface area contributed by atoms with Crippen molar-refractivity contribution in [2.75, 3.05) is 13.1 Å². The van der Waals surface area contributed by atoms with Gasteiger partial charge in [0.15, 0.2) is 0 Å². The van der Waals surface area contributed by atoms with Crippen LogP contribution in [0.4, 0.5) is 0 Å². The highest BCUT2D eigenvalue weighted by Gasteiger charge is 2.06. The highest BCUT2D eigenvalue weighted by Crippen LogP contribution is 2.01. The molecule has 2 amide bonds. The number of rotatable bonds is 7. The zero-order valence-electron chi connectivity index (χ0n) is 12.4. The molecule has 2 aromatic carbocycles. The summed E-state index contributed by atoms with van der Waals surface area (Å²) in [4.78, 5) is 23.4. The second-order valence-corrected chi connectivity index (χ2v) is 4.99. The van der Waals surface area contributed by atoms with Crippen molar-refractivity contribution in [2.45, 2.75) is 12.8 Å². The van der Waals surface area contributed by atoms with Crippen molar-refractivity contribution in [1.82, 2.24) is 10.6 Å². The number of aryl methyl sites for hydroxylation is 1. The molecule has 0 aliphatic rings. The number of hydrogen-bond acceptors (Lipinski definition) is 2. The maximum Gasteiger partial charge on any atom is 0.251 e. The van der Waals surface area contributed by atoms with E-state index in [0.29, 0.717) is 12.1 Å². The molecule has 0 heterocycles. The van der Waals surface area contributed by atoms with Gasteiger partial charge in [-0.15, -0.1) is 0 Å². The molecule has 0 spiro atoms. The Morgan fingerprint density at radius 2 is 1.45 bits per heavy atom. The summed E-state index contributed by atoms with van der Waals surface area (Å²) in [6.45, 7) is 0.605. The van der Waals surface area contributed by atoms with E-state index in [1.54, 1.807) is 24.3 Å². The van der Waals surface area contributed by atoms with Crippen molar-refractivity contribution in [3.05, 3.63) is 71.8 Å². The van der Waals surface area contributed by atoms with E-state index < -0.39 is 0 Å². The van der Waals surface area contributed by atoms with E-state index in [4.69, 9.17) is 0 Å². The first-order valence-corrected chi connectivity index (χ1v) is 7.39. The van der Waals surface area contributed by atoms with Crippen molar-refractivity contribution >= 4 is 11.8 Å². The van der Waals surface area contributed by atoms with Crippen LogP contribution in [0.15, 0.2) is 60.7 Å². The second kappa shape index (κ2) is 8.62. The fourth-order valence-electron chi connectivity index (χ4n) is 2.08. The Kier molecular flexibility index (Phi) is 6.18. The molecule has 2 aromatic rings. The smallest absolute Gasteiger partial charge is 0.251 e. The van der Waals surface area contributed by atoms with E-state index in [9.17, 15) is 9.59 Å². The van der Waals surface area contributed by atoms with E-state index in [1.165, 1.54) is 5.56 Å². The first kappa shape index (κ1) is 15.8. The van der Waals surface area contributed by atoms with Crippen molar-refractivity contribution in [1.29, 1.82) is 0 Å². The van der Waals surface area contributed by atoms with Crippen LogP contribution in [0.2, 0.25) is 0 Å². The van der Waals surface area contributed by atoms with Gasteiger partial charge in [0.25, 0.3) is 5.91 Å². The summed E-state index contributed by atoms with van der Waals surface area (Å²) in [5.74, 6) is -0.405. The minimum Gasteiger partial charge on any atom is -0.355 e. The third-order valence-electron chi connectivity index (χ3n) is 3.25. The third-order valence-corrected chi connectivity index (χ3v) is 3.25. The summed E-state index contributed by atoms with van der Waals surface area (Å²) in [6.07, 6.45) is 1.81. The largest absolute Gasteiger partial charge is 0.355 e. The first-order valence-electron chi connectivity index (χ1n) is 7.39. The van der Waals surface area contributed by atoms with Crippen LogP contribution in [0.3, 0.4) is 0 Å². The lowest BCUT2D eigenvalue weighted by molar-refractivity contribution is -0.120. The van der Waals surface area contributed by atoms with Crippen LogP contribution >= 0.6 is 0 Å². The summed E-state index contributed by atoms with van der Waals surface area (Å²) >= 11 is 0. The van der Waals surface area contributed by atoms with E-state index in [1.807, 2.05) is 24.3 Å². The Labute approximate surface area is 130 Å². The van der Waals surface area contributed by atoms with Crippen LogP contribution < -0.4 is 10.6 Å². The topological polar surface area (TPSA) is 58.2 Å². The summed E-state index contributed by atoms with van der Waals surface area (Å²) in [5.41, 5.74) is 1.81. The molecule has 2 N–H and O–H groups in total. The molecule has 0 atom stereocenters. The molecule has 22 heavy (non-hydrogen) atoms. The van der Waals surface area contributed by atoms with Crippen LogP contribution in [-0.4, -0.2) is 24.9 Å².